The molecule has 1 aliphatic heterocycles. The van der Waals surface area contributed by atoms with Crippen molar-refractivity contribution in [3.8, 4) is 0 Å². The molecular formula is C13H16N4OS. The Kier molecular flexibility index (Phi) is 3.33. The average Bonchev–Trinajstić information content (AvgIpc) is 3.04. The maximum atomic E-state index is 10.8. The van der Waals surface area contributed by atoms with Crippen LogP contribution in [0.5, 0.6) is 0 Å². The van der Waals surface area contributed by atoms with Crippen molar-refractivity contribution in [1.29, 1.82) is 0 Å². The molecule has 2 aromatic heterocycles. The summed E-state index contributed by atoms with van der Waals surface area (Å²) in [6, 6.07) is 4.05. The Balaban J connectivity index is 1.84. The summed E-state index contributed by atoms with van der Waals surface area (Å²) in [6.45, 7) is 2.18. The minimum absolute atomic E-state index is 0.287. The van der Waals surface area contributed by atoms with E-state index in [1.54, 1.807) is 11.3 Å². The number of carbonyl (C=O) groups excluding carboxylic acids is 1. The van der Waals surface area contributed by atoms with Crippen molar-refractivity contribution in [1.82, 2.24) is 9.97 Å². The van der Waals surface area contributed by atoms with Crippen LogP contribution < -0.4 is 10.6 Å². The molecule has 3 heterocycles. The Morgan fingerprint density at radius 2 is 2.11 bits per heavy atom. The maximum Gasteiger partial charge on any atom is 0.217 e. The summed E-state index contributed by atoms with van der Waals surface area (Å²) in [7, 11) is 0. The molecule has 0 atom stereocenters. The van der Waals surface area contributed by atoms with E-state index in [1.807, 2.05) is 12.1 Å². The first-order valence-corrected chi connectivity index (χ1v) is 7.34. The van der Waals surface area contributed by atoms with E-state index in [9.17, 15) is 4.79 Å². The Morgan fingerprint density at radius 1 is 1.32 bits per heavy atom. The third-order valence-corrected chi connectivity index (χ3v) is 4.33. The highest BCUT2D eigenvalue weighted by molar-refractivity contribution is 7.18. The van der Waals surface area contributed by atoms with Crippen LogP contribution in [0.3, 0.4) is 0 Å². The molecular weight excluding hydrogens is 260 g/mol. The van der Waals surface area contributed by atoms with Crippen LogP contribution in [0.4, 0.5) is 5.82 Å². The standard InChI is InChI=1S/C13H16N4OS/c14-10(18)4-6-12-15-9-3-5-11(16-13(9)19-12)17-7-1-2-8-17/h3,5H,1-2,4,6-8H2,(H2,14,18). The SMILES string of the molecule is NC(=O)CCc1nc2ccc(N3CCCC3)nc2s1. The lowest BCUT2D eigenvalue weighted by molar-refractivity contribution is -0.117. The number of hydrogen-bond donors (Lipinski definition) is 1. The molecule has 2 aromatic rings. The molecule has 3 rings (SSSR count). The molecule has 0 radical (unpaired) electrons. The smallest absolute Gasteiger partial charge is 0.217 e. The van der Waals surface area contributed by atoms with Crippen LogP contribution in [0.25, 0.3) is 10.3 Å². The van der Waals surface area contributed by atoms with Gasteiger partial charge in [0.2, 0.25) is 5.91 Å². The van der Waals surface area contributed by atoms with Crippen LogP contribution in [-0.2, 0) is 11.2 Å². The second-order valence-electron chi connectivity index (χ2n) is 4.76. The molecule has 1 fully saturated rings. The second-order valence-corrected chi connectivity index (χ2v) is 5.82. The minimum Gasteiger partial charge on any atom is -0.370 e. The van der Waals surface area contributed by atoms with E-state index in [0.29, 0.717) is 12.8 Å². The summed E-state index contributed by atoms with van der Waals surface area (Å²) < 4.78 is 0. The minimum atomic E-state index is -0.287. The molecule has 6 heteroatoms. The summed E-state index contributed by atoms with van der Waals surface area (Å²) in [5.74, 6) is 0.750. The number of carbonyl (C=O) groups is 1. The fourth-order valence-electron chi connectivity index (χ4n) is 2.31. The summed E-state index contributed by atoms with van der Waals surface area (Å²) in [5.41, 5.74) is 6.07. The maximum absolute atomic E-state index is 10.8. The van der Waals surface area contributed by atoms with Gasteiger partial charge in [0.1, 0.15) is 16.2 Å². The monoisotopic (exact) mass is 276 g/mol. The molecule has 100 valence electrons. The van der Waals surface area contributed by atoms with Crippen LogP contribution in [0.1, 0.15) is 24.3 Å². The van der Waals surface area contributed by atoms with E-state index in [-0.39, 0.29) is 5.91 Å². The van der Waals surface area contributed by atoms with E-state index in [1.165, 1.54) is 12.8 Å². The number of amides is 1. The molecule has 2 N–H and O–H groups in total. The number of pyridine rings is 1. The van der Waals surface area contributed by atoms with Gasteiger partial charge in [-0.3, -0.25) is 4.79 Å². The first-order chi connectivity index (χ1) is 9.22. The van der Waals surface area contributed by atoms with Crippen molar-refractivity contribution in [2.75, 3.05) is 18.0 Å². The third-order valence-electron chi connectivity index (χ3n) is 3.30. The van der Waals surface area contributed by atoms with Crippen molar-refractivity contribution >= 4 is 33.4 Å². The molecule has 0 aromatic carbocycles. The van der Waals surface area contributed by atoms with Gasteiger partial charge < -0.3 is 10.6 Å². The molecule has 0 saturated carbocycles. The number of anilines is 1. The number of fused-ring (bicyclic) bond motifs is 1. The number of aromatic nitrogens is 2. The zero-order chi connectivity index (χ0) is 13.2. The first kappa shape index (κ1) is 12.3. The Morgan fingerprint density at radius 3 is 2.84 bits per heavy atom. The van der Waals surface area contributed by atoms with Crippen molar-refractivity contribution in [3.05, 3.63) is 17.1 Å². The predicted octanol–water partition coefficient (Wildman–Crippen LogP) is 1.71. The van der Waals surface area contributed by atoms with Crippen LogP contribution in [0.2, 0.25) is 0 Å². The highest BCUT2D eigenvalue weighted by atomic mass is 32.1. The topological polar surface area (TPSA) is 72.1 Å². The van der Waals surface area contributed by atoms with Crippen LogP contribution in [0.15, 0.2) is 12.1 Å². The molecule has 0 unspecified atom stereocenters. The number of rotatable bonds is 4. The predicted molar refractivity (Wildman–Crippen MR) is 76.4 cm³/mol. The van der Waals surface area contributed by atoms with Crippen LogP contribution in [-0.4, -0.2) is 29.0 Å². The molecule has 1 saturated heterocycles. The van der Waals surface area contributed by atoms with Gasteiger partial charge in [-0.25, -0.2) is 9.97 Å². The summed E-state index contributed by atoms with van der Waals surface area (Å²) >= 11 is 1.56. The average molecular weight is 276 g/mol. The fourth-order valence-corrected chi connectivity index (χ4v) is 3.24. The summed E-state index contributed by atoms with van der Waals surface area (Å²) in [5, 5.41) is 0.930. The zero-order valence-electron chi connectivity index (χ0n) is 10.6. The van der Waals surface area contributed by atoms with Gasteiger partial charge in [-0.2, -0.15) is 0 Å². The van der Waals surface area contributed by atoms with Gasteiger partial charge in [-0.05, 0) is 25.0 Å². The summed E-state index contributed by atoms with van der Waals surface area (Å²) in [4.78, 5) is 23.2. The lowest BCUT2D eigenvalue weighted by atomic mass is 10.3. The molecule has 5 nitrogen and oxygen atoms in total. The van der Waals surface area contributed by atoms with Gasteiger partial charge in [0.25, 0.3) is 0 Å². The second kappa shape index (κ2) is 5.13. The van der Waals surface area contributed by atoms with Gasteiger partial charge in [0.05, 0.1) is 5.01 Å². The lowest BCUT2D eigenvalue weighted by Crippen LogP contribution is -2.18. The Labute approximate surface area is 115 Å². The zero-order valence-corrected chi connectivity index (χ0v) is 11.4. The van der Waals surface area contributed by atoms with Gasteiger partial charge in [0, 0.05) is 25.9 Å². The molecule has 1 aliphatic rings. The number of aryl methyl sites for hydroxylation is 1. The van der Waals surface area contributed by atoms with Gasteiger partial charge in [-0.15, -0.1) is 0 Å². The highest BCUT2D eigenvalue weighted by Crippen LogP contribution is 2.25. The molecule has 1 amide bonds. The van der Waals surface area contributed by atoms with E-state index >= 15 is 0 Å². The molecule has 0 aliphatic carbocycles. The van der Waals surface area contributed by atoms with E-state index in [4.69, 9.17) is 5.73 Å². The third kappa shape index (κ3) is 2.68. The Bertz CT molecular complexity index is 604. The lowest BCUT2D eigenvalue weighted by Gasteiger charge is -2.15. The number of nitrogens with zero attached hydrogens (tertiary/aromatic N) is 3. The van der Waals surface area contributed by atoms with Gasteiger partial charge in [-0.1, -0.05) is 11.3 Å². The van der Waals surface area contributed by atoms with Crippen LogP contribution >= 0.6 is 11.3 Å². The molecule has 0 spiro atoms. The first-order valence-electron chi connectivity index (χ1n) is 6.52. The van der Waals surface area contributed by atoms with Gasteiger partial charge in [0.15, 0.2) is 0 Å². The highest BCUT2D eigenvalue weighted by Gasteiger charge is 2.15. The van der Waals surface area contributed by atoms with Crippen molar-refractivity contribution in [2.24, 2.45) is 5.73 Å². The van der Waals surface area contributed by atoms with E-state index in [2.05, 4.69) is 14.9 Å². The number of thiazole rings is 1. The van der Waals surface area contributed by atoms with Crippen molar-refractivity contribution < 1.29 is 4.79 Å². The fraction of sp³-hybridized carbons (Fsp3) is 0.462. The molecule has 0 bridgehead atoms. The normalized spacial score (nSPS) is 15.3. The summed E-state index contributed by atoms with van der Waals surface area (Å²) in [6.07, 6.45) is 3.44. The number of nitrogens with two attached hydrogens (primary N) is 1. The van der Waals surface area contributed by atoms with E-state index in [0.717, 1.165) is 34.3 Å². The van der Waals surface area contributed by atoms with Gasteiger partial charge >= 0.3 is 0 Å². The molecule has 19 heavy (non-hydrogen) atoms. The van der Waals surface area contributed by atoms with Crippen molar-refractivity contribution in [3.63, 3.8) is 0 Å². The van der Waals surface area contributed by atoms with Crippen molar-refractivity contribution in [2.45, 2.75) is 25.7 Å². The quantitative estimate of drug-likeness (QED) is 0.922. The van der Waals surface area contributed by atoms with Crippen LogP contribution in [0, 0.1) is 0 Å². The number of hydrogen-bond acceptors (Lipinski definition) is 5. The largest absolute Gasteiger partial charge is 0.370 e. The van der Waals surface area contributed by atoms with E-state index < -0.39 is 0 Å². The Hall–Kier alpha value is -1.69. The number of primary amides is 1.